The lowest BCUT2D eigenvalue weighted by molar-refractivity contribution is 0.0580. The molecule has 1 saturated carbocycles. The van der Waals surface area contributed by atoms with Gasteiger partial charge in [0.15, 0.2) is 5.78 Å². The topological polar surface area (TPSA) is 85.3 Å². The average Bonchev–Trinajstić information content (AvgIpc) is 3.40. The van der Waals surface area contributed by atoms with Crippen LogP contribution in [0.2, 0.25) is 0 Å². The Morgan fingerprint density at radius 2 is 2.03 bits per heavy atom. The third-order valence-corrected chi connectivity index (χ3v) is 6.44. The molecular weight excluding hydrogens is 402 g/mol. The summed E-state index contributed by atoms with van der Waals surface area (Å²) in [5.41, 5.74) is 5.53. The maximum atomic E-state index is 13.2. The van der Waals surface area contributed by atoms with Gasteiger partial charge in [0.1, 0.15) is 5.69 Å². The van der Waals surface area contributed by atoms with Crippen molar-refractivity contribution < 1.29 is 9.90 Å². The fraction of sp³-hybridized carbons (Fsp3) is 0.360. The normalized spacial score (nSPS) is 18.8. The molecular formula is C25H27N5O2. The number of rotatable bonds is 6. The van der Waals surface area contributed by atoms with E-state index in [1.807, 2.05) is 43.7 Å². The lowest BCUT2D eigenvalue weighted by Gasteiger charge is -2.26. The molecule has 1 aliphatic rings. The largest absolute Gasteiger partial charge is 0.393 e. The number of fused-ring (bicyclic) bond motifs is 1. The number of pyridine rings is 1. The highest BCUT2D eigenvalue weighted by Gasteiger charge is 2.27. The molecule has 4 heterocycles. The molecule has 1 fully saturated rings. The maximum absolute atomic E-state index is 13.2. The summed E-state index contributed by atoms with van der Waals surface area (Å²) in [5.74, 6) is 0.0814. The highest BCUT2D eigenvalue weighted by molar-refractivity contribution is 5.96. The maximum Gasteiger partial charge on any atom is 0.181 e. The number of aromatic nitrogens is 5. The van der Waals surface area contributed by atoms with Crippen LogP contribution in [0, 0.1) is 5.92 Å². The van der Waals surface area contributed by atoms with Gasteiger partial charge in [0, 0.05) is 37.6 Å². The third kappa shape index (κ3) is 4.08. The van der Waals surface area contributed by atoms with E-state index in [9.17, 15) is 9.90 Å². The van der Waals surface area contributed by atoms with Crippen LogP contribution in [-0.4, -0.2) is 41.4 Å². The number of hydrogen-bond acceptors (Lipinski definition) is 5. The summed E-state index contributed by atoms with van der Waals surface area (Å²) >= 11 is 0. The Morgan fingerprint density at radius 3 is 2.84 bits per heavy atom. The smallest absolute Gasteiger partial charge is 0.181 e. The lowest BCUT2D eigenvalue weighted by Crippen LogP contribution is -2.27. The molecule has 7 nitrogen and oxygen atoms in total. The predicted molar refractivity (Wildman–Crippen MR) is 121 cm³/mol. The zero-order chi connectivity index (χ0) is 22.1. The molecule has 0 saturated heterocycles. The van der Waals surface area contributed by atoms with E-state index in [0.29, 0.717) is 18.5 Å². The molecule has 7 heteroatoms. The van der Waals surface area contributed by atoms with Crippen LogP contribution in [-0.2, 0) is 13.5 Å². The van der Waals surface area contributed by atoms with Crippen LogP contribution in [0.3, 0.4) is 0 Å². The Hall–Kier alpha value is -3.32. The Morgan fingerprint density at radius 1 is 1.16 bits per heavy atom. The highest BCUT2D eigenvalue weighted by Crippen LogP contribution is 2.29. The SMILES string of the molecule is Cn1cc(-c2cc(Cc3cc(C(=O)C[C@H]4CCCC[C@@H]4O)n4ncccc34)ccn2)cn1. The van der Waals surface area contributed by atoms with Gasteiger partial charge in [0.25, 0.3) is 0 Å². The van der Waals surface area contributed by atoms with Crippen LogP contribution < -0.4 is 0 Å². The minimum atomic E-state index is -0.380. The fourth-order valence-electron chi connectivity index (χ4n) is 4.73. The van der Waals surface area contributed by atoms with Crippen LogP contribution in [0.5, 0.6) is 0 Å². The molecule has 0 bridgehead atoms. The fourth-order valence-corrected chi connectivity index (χ4v) is 4.73. The third-order valence-electron chi connectivity index (χ3n) is 6.44. The van der Waals surface area contributed by atoms with Gasteiger partial charge in [-0.25, -0.2) is 4.52 Å². The summed E-state index contributed by atoms with van der Waals surface area (Å²) in [6.07, 6.45) is 11.7. The number of Topliss-reactive ketones (excluding diaryl/α,β-unsaturated/α-hetero) is 1. The van der Waals surface area contributed by atoms with Gasteiger partial charge in [-0.05, 0) is 66.6 Å². The van der Waals surface area contributed by atoms with Crippen molar-refractivity contribution in [3.63, 3.8) is 0 Å². The van der Waals surface area contributed by atoms with Crippen molar-refractivity contribution in [1.29, 1.82) is 0 Å². The highest BCUT2D eigenvalue weighted by atomic mass is 16.3. The molecule has 32 heavy (non-hydrogen) atoms. The first-order chi connectivity index (χ1) is 15.6. The van der Waals surface area contributed by atoms with Crippen LogP contribution in [0.4, 0.5) is 0 Å². The minimum absolute atomic E-state index is 0.0381. The Balaban J connectivity index is 1.43. The summed E-state index contributed by atoms with van der Waals surface area (Å²) in [6, 6.07) is 9.92. The van der Waals surface area contributed by atoms with Crippen molar-refractivity contribution in [1.82, 2.24) is 24.4 Å². The summed E-state index contributed by atoms with van der Waals surface area (Å²) in [5, 5.41) is 19.0. The number of ketones is 1. The first-order valence-corrected chi connectivity index (χ1v) is 11.2. The van der Waals surface area contributed by atoms with Gasteiger partial charge < -0.3 is 5.11 Å². The van der Waals surface area contributed by atoms with Gasteiger partial charge in [-0.1, -0.05) is 12.8 Å². The van der Waals surface area contributed by atoms with E-state index in [1.165, 1.54) is 0 Å². The molecule has 0 aliphatic heterocycles. The number of carbonyl (C=O) groups is 1. The van der Waals surface area contributed by atoms with Crippen LogP contribution >= 0.6 is 0 Å². The van der Waals surface area contributed by atoms with E-state index in [1.54, 1.807) is 21.6 Å². The van der Waals surface area contributed by atoms with Crippen molar-refractivity contribution in [2.45, 2.75) is 44.6 Å². The molecule has 2 atom stereocenters. The zero-order valence-corrected chi connectivity index (χ0v) is 18.2. The van der Waals surface area contributed by atoms with Gasteiger partial charge in [0.2, 0.25) is 0 Å². The van der Waals surface area contributed by atoms with Gasteiger partial charge in [0.05, 0.1) is 23.5 Å². The standard InChI is InChI=1S/C25H27N5O2/c1-29-16-20(15-28-29)21-12-17(8-10-26-21)11-19-13-23(30-22(19)6-4-9-27-30)25(32)14-18-5-2-3-7-24(18)31/h4,6,8-10,12-13,15-16,18,24,31H,2-3,5,7,11,14H2,1H3/t18-,24+/m1/s1. The molecule has 4 aromatic heterocycles. The summed E-state index contributed by atoms with van der Waals surface area (Å²) in [4.78, 5) is 17.7. The van der Waals surface area contributed by atoms with Crippen molar-refractivity contribution >= 4 is 11.3 Å². The number of carbonyl (C=O) groups excluding carboxylic acids is 1. The second kappa shape index (κ2) is 8.67. The van der Waals surface area contributed by atoms with E-state index < -0.39 is 0 Å². The predicted octanol–water partition coefficient (Wildman–Crippen LogP) is 3.84. The van der Waals surface area contributed by atoms with Crippen LogP contribution in [0.25, 0.3) is 16.8 Å². The molecule has 1 N–H and O–H groups in total. The van der Waals surface area contributed by atoms with E-state index in [4.69, 9.17) is 0 Å². The van der Waals surface area contributed by atoms with E-state index in [0.717, 1.165) is 53.6 Å². The first-order valence-electron chi connectivity index (χ1n) is 11.2. The van der Waals surface area contributed by atoms with Crippen LogP contribution in [0.1, 0.15) is 53.7 Å². The molecule has 164 valence electrons. The molecule has 0 aromatic carbocycles. The lowest BCUT2D eigenvalue weighted by atomic mass is 9.83. The molecule has 4 aromatic rings. The molecule has 0 radical (unpaired) electrons. The van der Waals surface area contributed by atoms with Gasteiger partial charge >= 0.3 is 0 Å². The van der Waals surface area contributed by atoms with E-state index >= 15 is 0 Å². The van der Waals surface area contributed by atoms with Crippen LogP contribution in [0.15, 0.2) is 55.1 Å². The van der Waals surface area contributed by atoms with Crippen molar-refractivity contribution in [2.75, 3.05) is 0 Å². The van der Waals surface area contributed by atoms with Gasteiger partial charge in [-0.15, -0.1) is 0 Å². The number of nitrogens with zero attached hydrogens (tertiary/aromatic N) is 5. The Labute approximate surface area is 186 Å². The van der Waals surface area contributed by atoms with E-state index in [2.05, 4.69) is 21.2 Å². The average molecular weight is 430 g/mol. The summed E-state index contributed by atoms with van der Waals surface area (Å²) in [6.45, 7) is 0. The second-order valence-corrected chi connectivity index (χ2v) is 8.74. The van der Waals surface area contributed by atoms with Gasteiger partial charge in [-0.3, -0.25) is 14.5 Å². The summed E-state index contributed by atoms with van der Waals surface area (Å²) in [7, 11) is 1.89. The molecule has 5 rings (SSSR count). The zero-order valence-electron chi connectivity index (χ0n) is 18.2. The first kappa shape index (κ1) is 20.6. The van der Waals surface area contributed by atoms with E-state index in [-0.39, 0.29) is 17.8 Å². The number of hydrogen-bond donors (Lipinski definition) is 1. The van der Waals surface area contributed by atoms with Crippen molar-refractivity contribution in [2.24, 2.45) is 13.0 Å². The Kier molecular flexibility index (Phi) is 5.57. The molecule has 0 spiro atoms. The van der Waals surface area contributed by atoms with Crippen molar-refractivity contribution in [3.8, 4) is 11.3 Å². The molecule has 0 unspecified atom stereocenters. The quantitative estimate of drug-likeness (QED) is 0.471. The number of aliphatic hydroxyl groups is 1. The second-order valence-electron chi connectivity index (χ2n) is 8.74. The van der Waals surface area contributed by atoms with Gasteiger partial charge in [-0.2, -0.15) is 10.2 Å². The number of aliphatic hydroxyl groups excluding tert-OH is 1. The Bertz CT molecular complexity index is 1260. The summed E-state index contributed by atoms with van der Waals surface area (Å²) < 4.78 is 3.51. The minimum Gasteiger partial charge on any atom is -0.393 e. The number of aryl methyl sites for hydroxylation is 1. The monoisotopic (exact) mass is 429 g/mol. The molecule has 0 amide bonds. The van der Waals surface area contributed by atoms with Crippen molar-refractivity contribution in [3.05, 3.63) is 71.9 Å². The molecule has 1 aliphatic carbocycles.